The van der Waals surface area contributed by atoms with Crippen LogP contribution in [0.4, 0.5) is 17.8 Å². The molecule has 0 aliphatic carbocycles. The zero-order valence-corrected chi connectivity index (χ0v) is 12.5. The van der Waals surface area contributed by atoms with Crippen LogP contribution in [0.3, 0.4) is 0 Å². The third-order valence-electron chi connectivity index (χ3n) is 4.07. The van der Waals surface area contributed by atoms with Crippen LogP contribution in [0.5, 0.6) is 0 Å². The number of aromatic nitrogens is 3. The topological polar surface area (TPSA) is 89.6 Å². The Balaban J connectivity index is 1.83. The second-order valence-electron chi connectivity index (χ2n) is 5.44. The molecule has 2 N–H and O–H groups in total. The van der Waals surface area contributed by atoms with Crippen molar-refractivity contribution >= 4 is 17.8 Å². The van der Waals surface area contributed by atoms with Crippen molar-refractivity contribution in [2.75, 3.05) is 55.5 Å². The third kappa shape index (κ3) is 3.01. The molecule has 3 rings (SSSR count). The third-order valence-corrected chi connectivity index (χ3v) is 4.07. The van der Waals surface area contributed by atoms with Crippen LogP contribution in [-0.2, 0) is 9.47 Å². The van der Waals surface area contributed by atoms with E-state index < -0.39 is 0 Å². The van der Waals surface area contributed by atoms with E-state index in [0.717, 1.165) is 26.1 Å². The quantitative estimate of drug-likeness (QED) is 0.827. The summed E-state index contributed by atoms with van der Waals surface area (Å²) < 4.78 is 11.0. The van der Waals surface area contributed by atoms with E-state index in [4.69, 9.17) is 15.2 Å². The summed E-state index contributed by atoms with van der Waals surface area (Å²) >= 11 is 0. The molecule has 2 saturated heterocycles. The van der Waals surface area contributed by atoms with Crippen LogP contribution in [0, 0.1) is 0 Å². The van der Waals surface area contributed by atoms with Gasteiger partial charge in [-0.25, -0.2) is 0 Å². The van der Waals surface area contributed by atoms with Crippen LogP contribution in [-0.4, -0.2) is 67.1 Å². The number of nitrogens with two attached hydrogens (primary N) is 1. The largest absolute Gasteiger partial charge is 0.378 e. The van der Waals surface area contributed by atoms with Gasteiger partial charge in [0, 0.05) is 26.7 Å². The van der Waals surface area contributed by atoms with Gasteiger partial charge >= 0.3 is 0 Å². The van der Waals surface area contributed by atoms with Gasteiger partial charge in [-0.15, -0.1) is 0 Å². The Bertz CT molecular complexity index is 494. The van der Waals surface area contributed by atoms with E-state index in [1.165, 1.54) is 0 Å². The summed E-state index contributed by atoms with van der Waals surface area (Å²) in [5.41, 5.74) is 5.86. The first-order valence-electron chi connectivity index (χ1n) is 7.34. The Morgan fingerprint density at radius 1 is 1.19 bits per heavy atom. The SMILES string of the molecule is CC1OCCC1N(C)c1nc(N)nc(N2CCOCC2)n1. The average molecular weight is 294 g/mol. The Kier molecular flexibility index (Phi) is 4.07. The van der Waals surface area contributed by atoms with Crippen molar-refractivity contribution in [2.24, 2.45) is 0 Å². The lowest BCUT2D eigenvalue weighted by Crippen LogP contribution is -2.40. The van der Waals surface area contributed by atoms with Gasteiger partial charge in [-0.05, 0) is 13.3 Å². The summed E-state index contributed by atoms with van der Waals surface area (Å²) in [6.07, 6.45) is 1.13. The number of nitrogens with zero attached hydrogens (tertiary/aromatic N) is 5. The van der Waals surface area contributed by atoms with Gasteiger partial charge in [-0.1, -0.05) is 0 Å². The molecule has 3 heterocycles. The summed E-state index contributed by atoms with van der Waals surface area (Å²) in [6, 6.07) is 0.268. The molecular weight excluding hydrogens is 272 g/mol. The zero-order valence-electron chi connectivity index (χ0n) is 12.5. The molecule has 0 aromatic carbocycles. The summed E-state index contributed by atoms with van der Waals surface area (Å²) in [6.45, 7) is 5.76. The monoisotopic (exact) mass is 294 g/mol. The van der Waals surface area contributed by atoms with Gasteiger partial charge in [-0.3, -0.25) is 0 Å². The van der Waals surface area contributed by atoms with Crippen molar-refractivity contribution in [1.29, 1.82) is 0 Å². The molecule has 0 spiro atoms. The van der Waals surface area contributed by atoms with E-state index in [-0.39, 0.29) is 18.1 Å². The fraction of sp³-hybridized carbons (Fsp3) is 0.769. The fourth-order valence-corrected chi connectivity index (χ4v) is 2.81. The Hall–Kier alpha value is -1.67. The van der Waals surface area contributed by atoms with Crippen LogP contribution in [0.15, 0.2) is 0 Å². The number of morpholine rings is 1. The maximum Gasteiger partial charge on any atom is 0.232 e. The highest BCUT2D eigenvalue weighted by atomic mass is 16.5. The number of hydrogen-bond donors (Lipinski definition) is 1. The summed E-state index contributed by atoms with van der Waals surface area (Å²) in [5, 5.41) is 0. The molecule has 21 heavy (non-hydrogen) atoms. The highest BCUT2D eigenvalue weighted by Gasteiger charge is 2.30. The van der Waals surface area contributed by atoms with Crippen LogP contribution < -0.4 is 15.5 Å². The Morgan fingerprint density at radius 2 is 1.95 bits per heavy atom. The molecule has 0 saturated carbocycles. The van der Waals surface area contributed by atoms with Gasteiger partial charge in [0.05, 0.1) is 25.4 Å². The van der Waals surface area contributed by atoms with Crippen LogP contribution in [0.2, 0.25) is 0 Å². The summed E-state index contributed by atoms with van der Waals surface area (Å²) in [5.74, 6) is 1.48. The van der Waals surface area contributed by atoms with Crippen molar-refractivity contribution in [1.82, 2.24) is 15.0 Å². The highest BCUT2D eigenvalue weighted by molar-refractivity contribution is 5.44. The normalized spacial score (nSPS) is 26.1. The number of anilines is 3. The van der Waals surface area contributed by atoms with E-state index in [1.807, 2.05) is 11.9 Å². The Morgan fingerprint density at radius 3 is 2.62 bits per heavy atom. The molecule has 0 amide bonds. The number of nitrogen functional groups attached to an aromatic ring is 1. The van der Waals surface area contributed by atoms with Crippen LogP contribution in [0.25, 0.3) is 0 Å². The lowest BCUT2D eigenvalue weighted by Gasteiger charge is -2.29. The smallest absolute Gasteiger partial charge is 0.232 e. The molecule has 2 aliphatic heterocycles. The summed E-state index contributed by atoms with van der Waals surface area (Å²) in [7, 11) is 1.98. The van der Waals surface area contributed by atoms with Gasteiger partial charge in [0.1, 0.15) is 0 Å². The Labute approximate surface area is 124 Å². The standard InChI is InChI=1S/C13H22N6O2/c1-9-10(3-6-21-9)18(2)12-15-11(14)16-13(17-12)19-4-7-20-8-5-19/h9-10H,3-8H2,1-2H3,(H2,14,15,16,17). The minimum Gasteiger partial charge on any atom is -0.378 e. The van der Waals surface area contributed by atoms with E-state index in [0.29, 0.717) is 25.1 Å². The average Bonchev–Trinajstić information content (AvgIpc) is 2.93. The lowest BCUT2D eigenvalue weighted by atomic mass is 10.1. The molecule has 1 aromatic rings. The van der Waals surface area contributed by atoms with Crippen LogP contribution >= 0.6 is 0 Å². The zero-order chi connectivity index (χ0) is 14.8. The number of rotatable bonds is 3. The minimum absolute atomic E-state index is 0.167. The van der Waals surface area contributed by atoms with Gasteiger partial charge in [0.25, 0.3) is 0 Å². The molecular formula is C13H22N6O2. The van der Waals surface area contributed by atoms with Crippen molar-refractivity contribution in [3.63, 3.8) is 0 Å². The molecule has 2 fully saturated rings. The van der Waals surface area contributed by atoms with Crippen molar-refractivity contribution in [3.8, 4) is 0 Å². The first-order valence-corrected chi connectivity index (χ1v) is 7.34. The number of likely N-dealkylation sites (N-methyl/N-ethyl adjacent to an activating group) is 1. The molecule has 8 heteroatoms. The van der Waals surface area contributed by atoms with Gasteiger partial charge in [-0.2, -0.15) is 15.0 Å². The molecule has 0 radical (unpaired) electrons. The van der Waals surface area contributed by atoms with Crippen molar-refractivity contribution < 1.29 is 9.47 Å². The predicted molar refractivity (Wildman–Crippen MR) is 79.5 cm³/mol. The first kappa shape index (κ1) is 14.3. The number of hydrogen-bond acceptors (Lipinski definition) is 8. The van der Waals surface area contributed by atoms with Gasteiger partial charge in [0.2, 0.25) is 17.8 Å². The van der Waals surface area contributed by atoms with Gasteiger partial charge < -0.3 is 25.0 Å². The lowest BCUT2D eigenvalue weighted by molar-refractivity contribution is 0.118. The van der Waals surface area contributed by atoms with E-state index in [9.17, 15) is 0 Å². The van der Waals surface area contributed by atoms with E-state index in [2.05, 4.69) is 26.8 Å². The van der Waals surface area contributed by atoms with Crippen LogP contribution in [0.1, 0.15) is 13.3 Å². The number of ether oxygens (including phenoxy) is 2. The van der Waals surface area contributed by atoms with E-state index >= 15 is 0 Å². The fourth-order valence-electron chi connectivity index (χ4n) is 2.81. The molecule has 1 aromatic heterocycles. The second-order valence-corrected chi connectivity index (χ2v) is 5.44. The van der Waals surface area contributed by atoms with Gasteiger partial charge in [0.15, 0.2) is 0 Å². The minimum atomic E-state index is 0.167. The predicted octanol–water partition coefficient (Wildman–Crippen LogP) is -0.0960. The molecule has 0 bridgehead atoms. The molecule has 116 valence electrons. The van der Waals surface area contributed by atoms with E-state index in [1.54, 1.807) is 0 Å². The van der Waals surface area contributed by atoms with Crippen molar-refractivity contribution in [3.05, 3.63) is 0 Å². The summed E-state index contributed by atoms with van der Waals surface area (Å²) in [4.78, 5) is 17.2. The molecule has 2 unspecified atom stereocenters. The maximum absolute atomic E-state index is 5.86. The highest BCUT2D eigenvalue weighted by Crippen LogP contribution is 2.23. The molecule has 2 aliphatic rings. The molecule has 2 atom stereocenters. The second kappa shape index (κ2) is 5.98. The first-order chi connectivity index (χ1) is 10.1. The van der Waals surface area contributed by atoms with Crippen molar-refractivity contribution in [2.45, 2.75) is 25.5 Å². The maximum atomic E-state index is 5.86. The molecule has 8 nitrogen and oxygen atoms in total.